The van der Waals surface area contributed by atoms with Crippen LogP contribution in [-0.2, 0) is 14.8 Å². The van der Waals surface area contributed by atoms with Crippen LogP contribution in [0.15, 0.2) is 42.5 Å². The SMILES string of the molecule is COc1ccc(C)cc1N([C@H](C)C(=O)N[C@@H](C)COc1ccccc1C)S(C)(=O)=O. The van der Waals surface area contributed by atoms with E-state index in [4.69, 9.17) is 9.47 Å². The summed E-state index contributed by atoms with van der Waals surface area (Å²) in [7, 11) is -2.28. The Hall–Kier alpha value is -2.74. The lowest BCUT2D eigenvalue weighted by atomic mass is 10.2. The second kappa shape index (κ2) is 9.84. The molecule has 1 amide bonds. The van der Waals surface area contributed by atoms with Crippen LogP contribution in [0.25, 0.3) is 0 Å². The highest BCUT2D eigenvalue weighted by Gasteiger charge is 2.32. The van der Waals surface area contributed by atoms with Gasteiger partial charge in [-0.15, -0.1) is 0 Å². The van der Waals surface area contributed by atoms with Gasteiger partial charge in [0.1, 0.15) is 24.1 Å². The van der Waals surface area contributed by atoms with E-state index >= 15 is 0 Å². The number of hydrogen-bond acceptors (Lipinski definition) is 5. The van der Waals surface area contributed by atoms with Crippen molar-refractivity contribution in [2.24, 2.45) is 0 Å². The van der Waals surface area contributed by atoms with E-state index in [1.807, 2.05) is 44.2 Å². The van der Waals surface area contributed by atoms with Crippen LogP contribution in [0.2, 0.25) is 0 Å². The van der Waals surface area contributed by atoms with Crippen LogP contribution in [0.4, 0.5) is 5.69 Å². The maximum atomic E-state index is 12.9. The summed E-state index contributed by atoms with van der Waals surface area (Å²) in [4.78, 5) is 12.9. The van der Waals surface area contributed by atoms with Gasteiger partial charge in [0, 0.05) is 0 Å². The van der Waals surface area contributed by atoms with Gasteiger partial charge in [-0.1, -0.05) is 24.3 Å². The minimum Gasteiger partial charge on any atom is -0.495 e. The molecule has 0 saturated carbocycles. The Morgan fingerprint density at radius 2 is 1.77 bits per heavy atom. The van der Waals surface area contributed by atoms with Crippen molar-refractivity contribution in [3.8, 4) is 11.5 Å². The highest BCUT2D eigenvalue weighted by Crippen LogP contribution is 2.32. The van der Waals surface area contributed by atoms with Crippen LogP contribution in [0, 0.1) is 13.8 Å². The summed E-state index contributed by atoms with van der Waals surface area (Å²) >= 11 is 0. The molecule has 0 radical (unpaired) electrons. The number of ether oxygens (including phenoxy) is 2. The van der Waals surface area contributed by atoms with E-state index < -0.39 is 22.0 Å². The fraction of sp³-hybridized carbons (Fsp3) is 0.409. The lowest BCUT2D eigenvalue weighted by Crippen LogP contribution is -2.51. The third-order valence-corrected chi connectivity index (χ3v) is 5.86. The predicted octanol–water partition coefficient (Wildman–Crippen LogP) is 3.05. The Morgan fingerprint density at radius 3 is 2.37 bits per heavy atom. The number of carbonyl (C=O) groups is 1. The fourth-order valence-corrected chi connectivity index (χ4v) is 4.26. The van der Waals surface area contributed by atoms with Gasteiger partial charge >= 0.3 is 0 Å². The fourth-order valence-electron chi connectivity index (χ4n) is 3.09. The van der Waals surface area contributed by atoms with Crippen LogP contribution >= 0.6 is 0 Å². The van der Waals surface area contributed by atoms with Crippen molar-refractivity contribution >= 4 is 21.6 Å². The van der Waals surface area contributed by atoms with Crippen molar-refractivity contribution < 1.29 is 22.7 Å². The molecule has 0 bridgehead atoms. The van der Waals surface area contributed by atoms with Gasteiger partial charge in [-0.2, -0.15) is 0 Å². The summed E-state index contributed by atoms with van der Waals surface area (Å²) < 4.78 is 37.3. The molecule has 0 heterocycles. The second-order valence-electron chi connectivity index (χ2n) is 7.40. The van der Waals surface area contributed by atoms with Gasteiger partial charge in [0.25, 0.3) is 0 Å². The first-order valence-electron chi connectivity index (χ1n) is 9.67. The Labute approximate surface area is 179 Å². The minimum atomic E-state index is -3.75. The van der Waals surface area contributed by atoms with E-state index in [9.17, 15) is 13.2 Å². The standard InChI is InChI=1S/C22H30N2O5S/c1-15-11-12-21(28-5)19(13-15)24(30(6,26)27)18(4)22(25)23-17(3)14-29-20-10-8-7-9-16(20)2/h7-13,17-18H,14H2,1-6H3,(H,23,25)/t17-,18+/m0/s1. The molecule has 2 rings (SSSR count). The largest absolute Gasteiger partial charge is 0.495 e. The van der Waals surface area contributed by atoms with Gasteiger partial charge in [0.2, 0.25) is 15.9 Å². The van der Waals surface area contributed by atoms with Crippen LogP contribution in [0.3, 0.4) is 0 Å². The van der Waals surface area contributed by atoms with E-state index in [2.05, 4.69) is 5.32 Å². The van der Waals surface area contributed by atoms with Crippen LogP contribution in [0.1, 0.15) is 25.0 Å². The van der Waals surface area contributed by atoms with Crippen LogP contribution in [0.5, 0.6) is 11.5 Å². The number of rotatable bonds is 9. The number of para-hydroxylation sites is 1. The normalized spacial score (nSPS) is 13.3. The summed E-state index contributed by atoms with van der Waals surface area (Å²) in [5, 5.41) is 2.83. The lowest BCUT2D eigenvalue weighted by Gasteiger charge is -2.30. The van der Waals surface area contributed by atoms with Crippen molar-refractivity contribution in [1.82, 2.24) is 5.32 Å². The monoisotopic (exact) mass is 434 g/mol. The summed E-state index contributed by atoms with van der Waals surface area (Å²) in [5.74, 6) is 0.695. The summed E-state index contributed by atoms with van der Waals surface area (Å²) in [6.45, 7) is 7.41. The molecule has 0 aromatic heterocycles. The van der Waals surface area contributed by atoms with Crippen molar-refractivity contribution in [3.63, 3.8) is 0 Å². The average Bonchev–Trinajstić information content (AvgIpc) is 2.66. The minimum absolute atomic E-state index is 0.260. The smallest absolute Gasteiger partial charge is 0.243 e. The molecule has 0 spiro atoms. The van der Waals surface area contributed by atoms with E-state index in [1.54, 1.807) is 26.0 Å². The number of hydrogen-bond donors (Lipinski definition) is 1. The van der Waals surface area contributed by atoms with E-state index in [1.165, 1.54) is 7.11 Å². The molecular weight excluding hydrogens is 404 g/mol. The van der Waals surface area contributed by atoms with Crippen molar-refractivity contribution in [1.29, 1.82) is 0 Å². The van der Waals surface area contributed by atoms with E-state index in [0.29, 0.717) is 11.4 Å². The van der Waals surface area contributed by atoms with Gasteiger partial charge in [-0.3, -0.25) is 9.10 Å². The second-order valence-corrected chi connectivity index (χ2v) is 9.26. The maximum Gasteiger partial charge on any atom is 0.243 e. The molecule has 2 aromatic rings. The highest BCUT2D eigenvalue weighted by atomic mass is 32.2. The molecule has 0 aliphatic heterocycles. The van der Waals surface area contributed by atoms with Gasteiger partial charge in [0.15, 0.2) is 0 Å². The van der Waals surface area contributed by atoms with Crippen LogP contribution in [-0.4, -0.2) is 46.4 Å². The summed E-state index contributed by atoms with van der Waals surface area (Å²) in [5.41, 5.74) is 2.18. The number of aryl methyl sites for hydroxylation is 2. The number of sulfonamides is 1. The first-order valence-corrected chi connectivity index (χ1v) is 11.5. The molecule has 8 heteroatoms. The Bertz CT molecular complexity index is 991. The van der Waals surface area contributed by atoms with Gasteiger partial charge < -0.3 is 14.8 Å². The van der Waals surface area contributed by atoms with E-state index in [0.717, 1.165) is 27.4 Å². The molecule has 0 unspecified atom stereocenters. The molecule has 0 aliphatic rings. The van der Waals surface area contributed by atoms with E-state index in [-0.39, 0.29) is 12.6 Å². The third-order valence-electron chi connectivity index (χ3n) is 4.63. The highest BCUT2D eigenvalue weighted by molar-refractivity contribution is 7.92. The molecule has 7 nitrogen and oxygen atoms in total. The summed E-state index contributed by atoms with van der Waals surface area (Å²) in [6.07, 6.45) is 1.07. The number of nitrogens with zero attached hydrogens (tertiary/aromatic N) is 1. The zero-order valence-corrected chi connectivity index (χ0v) is 19.1. The zero-order valence-electron chi connectivity index (χ0n) is 18.3. The summed E-state index contributed by atoms with van der Waals surface area (Å²) in [6, 6.07) is 11.5. The number of anilines is 1. The maximum absolute atomic E-state index is 12.9. The molecule has 30 heavy (non-hydrogen) atoms. The molecule has 0 saturated heterocycles. The quantitative estimate of drug-likeness (QED) is 0.656. The van der Waals surface area contributed by atoms with Crippen LogP contribution < -0.4 is 19.1 Å². The number of nitrogens with one attached hydrogen (secondary N) is 1. The molecule has 1 N–H and O–H groups in total. The molecule has 0 fully saturated rings. The van der Waals surface area contributed by atoms with Crippen molar-refractivity contribution in [2.45, 2.75) is 39.8 Å². The van der Waals surface area contributed by atoms with Gasteiger partial charge in [0.05, 0.1) is 25.1 Å². The molecule has 0 aliphatic carbocycles. The molecule has 164 valence electrons. The number of methoxy groups -OCH3 is 1. The van der Waals surface area contributed by atoms with Gasteiger partial charge in [-0.25, -0.2) is 8.42 Å². The molecule has 2 atom stereocenters. The number of amides is 1. The van der Waals surface area contributed by atoms with Crippen molar-refractivity contribution in [2.75, 3.05) is 24.3 Å². The average molecular weight is 435 g/mol. The Balaban J connectivity index is 2.16. The third kappa shape index (κ3) is 5.89. The number of benzene rings is 2. The van der Waals surface area contributed by atoms with Gasteiger partial charge in [-0.05, 0) is 57.0 Å². The topological polar surface area (TPSA) is 84.9 Å². The number of carbonyl (C=O) groups excluding carboxylic acids is 1. The first kappa shape index (κ1) is 23.5. The zero-order chi connectivity index (χ0) is 22.5. The van der Waals surface area contributed by atoms with Crippen molar-refractivity contribution in [3.05, 3.63) is 53.6 Å². The predicted molar refractivity (Wildman–Crippen MR) is 119 cm³/mol. The Morgan fingerprint density at radius 1 is 1.10 bits per heavy atom. The molecule has 2 aromatic carbocycles. The lowest BCUT2D eigenvalue weighted by molar-refractivity contribution is -0.122. The Kier molecular flexibility index (Phi) is 7.72. The molecular formula is C22H30N2O5S. The first-order chi connectivity index (χ1) is 14.0.